The number of benzene rings is 1. The summed E-state index contributed by atoms with van der Waals surface area (Å²) in [4.78, 5) is 17.6. The largest absolute Gasteiger partial charge is 0.478 e. The third kappa shape index (κ3) is 1.37. The van der Waals surface area contributed by atoms with Gasteiger partial charge in [0.1, 0.15) is 0 Å². The van der Waals surface area contributed by atoms with Gasteiger partial charge in [-0.1, -0.05) is 18.2 Å². The average Bonchev–Trinajstić information content (AvgIpc) is 2.70. The van der Waals surface area contributed by atoms with Gasteiger partial charge >= 0.3 is 5.97 Å². The Labute approximate surface area is 80.2 Å². The number of aromatic amines is 1. The zero-order valence-corrected chi connectivity index (χ0v) is 7.27. The van der Waals surface area contributed by atoms with Gasteiger partial charge in [0.05, 0.1) is 23.8 Å². The third-order valence-corrected chi connectivity index (χ3v) is 1.95. The summed E-state index contributed by atoms with van der Waals surface area (Å²) in [5.41, 5.74) is 1.64. The highest BCUT2D eigenvalue weighted by atomic mass is 16.4. The highest BCUT2D eigenvalue weighted by Gasteiger charge is 2.10. The van der Waals surface area contributed by atoms with E-state index in [2.05, 4.69) is 9.97 Å². The predicted octanol–water partition coefficient (Wildman–Crippen LogP) is 1.77. The van der Waals surface area contributed by atoms with Gasteiger partial charge in [-0.25, -0.2) is 9.78 Å². The smallest absolute Gasteiger partial charge is 0.336 e. The first kappa shape index (κ1) is 8.50. The Morgan fingerprint density at radius 1 is 1.36 bits per heavy atom. The Hall–Kier alpha value is -2.10. The molecular formula is C10H8N2O2. The normalized spacial score (nSPS) is 10.0. The maximum absolute atomic E-state index is 10.9. The summed E-state index contributed by atoms with van der Waals surface area (Å²) in [7, 11) is 0. The highest BCUT2D eigenvalue weighted by molar-refractivity contribution is 5.95. The lowest BCUT2D eigenvalue weighted by Crippen LogP contribution is -1.98. The van der Waals surface area contributed by atoms with E-state index in [4.69, 9.17) is 5.11 Å². The number of carboxylic acid groups (broad SMARTS) is 1. The van der Waals surface area contributed by atoms with Crippen molar-refractivity contribution in [3.63, 3.8) is 0 Å². The van der Waals surface area contributed by atoms with Crippen LogP contribution in [0.3, 0.4) is 0 Å². The van der Waals surface area contributed by atoms with Crippen molar-refractivity contribution in [2.24, 2.45) is 0 Å². The van der Waals surface area contributed by atoms with Gasteiger partial charge < -0.3 is 10.1 Å². The molecule has 2 N–H and O–H groups in total. The molecule has 0 amide bonds. The molecule has 1 aromatic carbocycles. The molecule has 0 aliphatic carbocycles. The van der Waals surface area contributed by atoms with E-state index in [-0.39, 0.29) is 5.56 Å². The average molecular weight is 188 g/mol. The summed E-state index contributed by atoms with van der Waals surface area (Å²) in [6.07, 6.45) is 3.12. The van der Waals surface area contributed by atoms with E-state index >= 15 is 0 Å². The second-order valence-electron chi connectivity index (χ2n) is 2.82. The number of nitrogens with zero attached hydrogens (tertiary/aromatic N) is 1. The number of hydrogen-bond acceptors (Lipinski definition) is 2. The van der Waals surface area contributed by atoms with Crippen LogP contribution in [0.2, 0.25) is 0 Å². The first-order valence-electron chi connectivity index (χ1n) is 4.10. The van der Waals surface area contributed by atoms with E-state index in [0.717, 1.165) is 0 Å². The Morgan fingerprint density at radius 3 is 2.79 bits per heavy atom. The van der Waals surface area contributed by atoms with E-state index in [9.17, 15) is 4.79 Å². The van der Waals surface area contributed by atoms with Gasteiger partial charge in [-0.05, 0) is 6.07 Å². The van der Waals surface area contributed by atoms with E-state index in [1.807, 2.05) is 0 Å². The molecule has 0 spiro atoms. The summed E-state index contributed by atoms with van der Waals surface area (Å²) in [5, 5.41) is 8.93. The molecule has 2 aromatic rings. The van der Waals surface area contributed by atoms with Gasteiger partial charge in [-0.3, -0.25) is 0 Å². The van der Waals surface area contributed by atoms with Crippen LogP contribution in [0.4, 0.5) is 0 Å². The number of carbonyl (C=O) groups is 1. The number of aromatic nitrogens is 2. The quantitative estimate of drug-likeness (QED) is 0.754. The standard InChI is InChI=1S/C10H8N2O2/c13-10(14)8-4-2-1-3-7(8)9-5-11-6-12-9/h1-6H,(H,11,12)(H,13,14). The molecule has 0 saturated heterocycles. The van der Waals surface area contributed by atoms with E-state index in [1.54, 1.807) is 30.5 Å². The molecule has 70 valence electrons. The molecule has 0 aliphatic rings. The molecule has 0 saturated carbocycles. The van der Waals surface area contributed by atoms with Crippen molar-refractivity contribution < 1.29 is 9.90 Å². The molecule has 1 heterocycles. The molecule has 4 heteroatoms. The first-order chi connectivity index (χ1) is 6.79. The number of rotatable bonds is 2. The van der Waals surface area contributed by atoms with Crippen LogP contribution < -0.4 is 0 Å². The lowest BCUT2D eigenvalue weighted by atomic mass is 10.1. The summed E-state index contributed by atoms with van der Waals surface area (Å²) in [6.45, 7) is 0. The summed E-state index contributed by atoms with van der Waals surface area (Å²) >= 11 is 0. The molecule has 14 heavy (non-hydrogen) atoms. The number of aromatic carboxylic acids is 1. The fourth-order valence-corrected chi connectivity index (χ4v) is 1.31. The highest BCUT2D eigenvalue weighted by Crippen LogP contribution is 2.20. The molecule has 0 bridgehead atoms. The van der Waals surface area contributed by atoms with Crippen molar-refractivity contribution >= 4 is 5.97 Å². The van der Waals surface area contributed by atoms with Gasteiger partial charge in [0, 0.05) is 5.56 Å². The fraction of sp³-hybridized carbons (Fsp3) is 0. The van der Waals surface area contributed by atoms with Crippen molar-refractivity contribution in [3.05, 3.63) is 42.4 Å². The molecule has 0 radical (unpaired) electrons. The van der Waals surface area contributed by atoms with Crippen LogP contribution in [0.1, 0.15) is 10.4 Å². The van der Waals surface area contributed by atoms with Crippen molar-refractivity contribution in [1.82, 2.24) is 9.97 Å². The lowest BCUT2D eigenvalue weighted by molar-refractivity contribution is 0.0697. The molecule has 4 nitrogen and oxygen atoms in total. The Bertz CT molecular complexity index is 449. The Morgan fingerprint density at radius 2 is 2.14 bits per heavy atom. The SMILES string of the molecule is O=C(O)c1ccccc1-c1cnc[nH]1. The fourth-order valence-electron chi connectivity index (χ4n) is 1.31. The minimum absolute atomic E-state index is 0.275. The zero-order valence-electron chi connectivity index (χ0n) is 7.27. The molecule has 2 rings (SSSR count). The predicted molar refractivity (Wildman–Crippen MR) is 51.0 cm³/mol. The molecule has 1 aromatic heterocycles. The summed E-state index contributed by atoms with van der Waals surface area (Å²) < 4.78 is 0. The topological polar surface area (TPSA) is 66.0 Å². The van der Waals surface area contributed by atoms with Crippen LogP contribution in [-0.2, 0) is 0 Å². The van der Waals surface area contributed by atoms with Crippen LogP contribution in [-0.4, -0.2) is 21.0 Å². The van der Waals surface area contributed by atoms with Gasteiger partial charge in [0.15, 0.2) is 0 Å². The van der Waals surface area contributed by atoms with Crippen LogP contribution in [0, 0.1) is 0 Å². The van der Waals surface area contributed by atoms with Crippen molar-refractivity contribution in [1.29, 1.82) is 0 Å². The minimum atomic E-state index is -0.935. The summed E-state index contributed by atoms with van der Waals surface area (Å²) in [6, 6.07) is 6.81. The maximum Gasteiger partial charge on any atom is 0.336 e. The number of nitrogens with one attached hydrogen (secondary N) is 1. The van der Waals surface area contributed by atoms with Crippen molar-refractivity contribution in [2.75, 3.05) is 0 Å². The number of hydrogen-bond donors (Lipinski definition) is 2. The van der Waals surface area contributed by atoms with E-state index < -0.39 is 5.97 Å². The molecular weight excluding hydrogens is 180 g/mol. The zero-order chi connectivity index (χ0) is 9.97. The van der Waals surface area contributed by atoms with Crippen molar-refractivity contribution in [3.8, 4) is 11.3 Å². The van der Waals surface area contributed by atoms with Crippen LogP contribution in [0.5, 0.6) is 0 Å². The monoisotopic (exact) mass is 188 g/mol. The lowest BCUT2D eigenvalue weighted by Gasteiger charge is -2.01. The number of H-pyrrole nitrogens is 1. The second kappa shape index (κ2) is 3.33. The molecule has 0 aliphatic heterocycles. The Kier molecular flexibility index (Phi) is 2.02. The van der Waals surface area contributed by atoms with Gasteiger partial charge in [-0.2, -0.15) is 0 Å². The molecule has 0 atom stereocenters. The van der Waals surface area contributed by atoms with Gasteiger partial charge in [-0.15, -0.1) is 0 Å². The van der Waals surface area contributed by atoms with E-state index in [1.165, 1.54) is 6.33 Å². The number of carboxylic acids is 1. The second-order valence-corrected chi connectivity index (χ2v) is 2.82. The number of imidazole rings is 1. The van der Waals surface area contributed by atoms with Gasteiger partial charge in [0.25, 0.3) is 0 Å². The molecule has 0 fully saturated rings. The van der Waals surface area contributed by atoms with Gasteiger partial charge in [0.2, 0.25) is 0 Å². The third-order valence-electron chi connectivity index (χ3n) is 1.95. The maximum atomic E-state index is 10.9. The van der Waals surface area contributed by atoms with Crippen LogP contribution >= 0.6 is 0 Å². The van der Waals surface area contributed by atoms with Crippen molar-refractivity contribution in [2.45, 2.75) is 0 Å². The van der Waals surface area contributed by atoms with Crippen LogP contribution in [0.25, 0.3) is 11.3 Å². The Balaban J connectivity index is 2.58. The first-order valence-corrected chi connectivity index (χ1v) is 4.10. The minimum Gasteiger partial charge on any atom is -0.478 e. The summed E-state index contributed by atoms with van der Waals surface area (Å²) in [5.74, 6) is -0.935. The molecule has 0 unspecified atom stereocenters. The van der Waals surface area contributed by atoms with E-state index in [0.29, 0.717) is 11.3 Å². The van der Waals surface area contributed by atoms with Crippen LogP contribution in [0.15, 0.2) is 36.8 Å².